The van der Waals surface area contributed by atoms with E-state index in [9.17, 15) is 9.18 Å². The summed E-state index contributed by atoms with van der Waals surface area (Å²) in [5.74, 6) is -0.972. The topological polar surface area (TPSA) is 37.3 Å². The standard InChI is InChI=1S/C13H15FO2/c1-8(2)9-5-10(7-11(14)6-9)13(3-4-13)12(15)16/h5-8H,3-4H2,1-2H3,(H,15,16). The molecule has 2 rings (SSSR count). The third kappa shape index (κ3) is 1.70. The summed E-state index contributed by atoms with van der Waals surface area (Å²) in [5, 5.41) is 9.16. The minimum absolute atomic E-state index is 0.207. The fraction of sp³-hybridized carbons (Fsp3) is 0.462. The van der Waals surface area contributed by atoms with Gasteiger partial charge in [0.05, 0.1) is 5.41 Å². The average Bonchev–Trinajstić information content (AvgIpc) is 2.97. The number of carbonyl (C=O) groups is 1. The first-order chi connectivity index (χ1) is 7.45. The van der Waals surface area contributed by atoms with Crippen LogP contribution >= 0.6 is 0 Å². The predicted octanol–water partition coefficient (Wildman–Crippen LogP) is 3.07. The van der Waals surface area contributed by atoms with Crippen LogP contribution < -0.4 is 0 Å². The molecule has 16 heavy (non-hydrogen) atoms. The fourth-order valence-electron chi connectivity index (χ4n) is 1.97. The van der Waals surface area contributed by atoms with E-state index in [1.165, 1.54) is 12.1 Å². The molecule has 1 N–H and O–H groups in total. The fourth-order valence-corrected chi connectivity index (χ4v) is 1.97. The van der Waals surface area contributed by atoms with Crippen molar-refractivity contribution in [2.75, 3.05) is 0 Å². The molecule has 0 aliphatic heterocycles. The smallest absolute Gasteiger partial charge is 0.314 e. The van der Waals surface area contributed by atoms with Gasteiger partial charge in [0.15, 0.2) is 0 Å². The van der Waals surface area contributed by atoms with Gasteiger partial charge in [-0.05, 0) is 42.0 Å². The predicted molar refractivity (Wildman–Crippen MR) is 59.0 cm³/mol. The number of carboxylic acid groups (broad SMARTS) is 1. The van der Waals surface area contributed by atoms with E-state index in [4.69, 9.17) is 5.11 Å². The largest absolute Gasteiger partial charge is 0.481 e. The van der Waals surface area contributed by atoms with Gasteiger partial charge in [0.25, 0.3) is 0 Å². The second-order valence-corrected chi connectivity index (χ2v) is 4.82. The van der Waals surface area contributed by atoms with Crippen molar-refractivity contribution in [3.05, 3.63) is 35.1 Å². The summed E-state index contributed by atoms with van der Waals surface area (Å²) >= 11 is 0. The highest BCUT2D eigenvalue weighted by molar-refractivity contribution is 5.85. The summed E-state index contributed by atoms with van der Waals surface area (Å²) < 4.78 is 13.4. The maximum atomic E-state index is 13.4. The minimum atomic E-state index is -0.840. The number of halogens is 1. The Balaban J connectivity index is 2.46. The van der Waals surface area contributed by atoms with E-state index in [1.807, 2.05) is 19.9 Å². The molecule has 0 unspecified atom stereocenters. The maximum Gasteiger partial charge on any atom is 0.314 e. The second kappa shape index (κ2) is 3.58. The van der Waals surface area contributed by atoms with Gasteiger partial charge in [-0.15, -0.1) is 0 Å². The van der Waals surface area contributed by atoms with Crippen LogP contribution in [-0.2, 0) is 10.2 Å². The number of hydrogen-bond donors (Lipinski definition) is 1. The normalized spacial score (nSPS) is 17.5. The molecule has 1 aromatic rings. The molecular formula is C13H15FO2. The Morgan fingerprint density at radius 2 is 2.00 bits per heavy atom. The van der Waals surface area contributed by atoms with E-state index in [0.29, 0.717) is 18.4 Å². The molecule has 2 nitrogen and oxygen atoms in total. The van der Waals surface area contributed by atoms with Gasteiger partial charge < -0.3 is 5.11 Å². The molecule has 86 valence electrons. The molecule has 1 aliphatic rings. The number of aliphatic carboxylic acids is 1. The summed E-state index contributed by atoms with van der Waals surface area (Å²) in [6, 6.07) is 4.66. The van der Waals surface area contributed by atoms with Gasteiger partial charge in [-0.3, -0.25) is 4.79 Å². The van der Waals surface area contributed by atoms with Crippen molar-refractivity contribution in [3.8, 4) is 0 Å². The Bertz CT molecular complexity index is 434. The van der Waals surface area contributed by atoms with E-state index in [0.717, 1.165) is 5.56 Å². The van der Waals surface area contributed by atoms with E-state index >= 15 is 0 Å². The van der Waals surface area contributed by atoms with Gasteiger partial charge in [0.2, 0.25) is 0 Å². The van der Waals surface area contributed by atoms with Crippen molar-refractivity contribution in [2.24, 2.45) is 0 Å². The van der Waals surface area contributed by atoms with Gasteiger partial charge in [0.1, 0.15) is 5.82 Å². The lowest BCUT2D eigenvalue weighted by Gasteiger charge is -2.14. The SMILES string of the molecule is CC(C)c1cc(F)cc(C2(C(=O)O)CC2)c1. The Kier molecular flexibility index (Phi) is 2.49. The van der Waals surface area contributed by atoms with Crippen molar-refractivity contribution in [3.63, 3.8) is 0 Å². The van der Waals surface area contributed by atoms with Crippen LogP contribution in [0.25, 0.3) is 0 Å². The van der Waals surface area contributed by atoms with Crippen LogP contribution in [0, 0.1) is 5.82 Å². The summed E-state index contributed by atoms with van der Waals surface area (Å²) in [7, 11) is 0. The van der Waals surface area contributed by atoms with Crippen molar-refractivity contribution < 1.29 is 14.3 Å². The molecule has 1 aromatic carbocycles. The van der Waals surface area contributed by atoms with Crippen LogP contribution in [0.4, 0.5) is 4.39 Å². The van der Waals surface area contributed by atoms with Crippen LogP contribution in [0.3, 0.4) is 0 Å². The molecular weight excluding hydrogens is 207 g/mol. The molecule has 0 heterocycles. The van der Waals surface area contributed by atoms with E-state index < -0.39 is 11.4 Å². The lowest BCUT2D eigenvalue weighted by molar-refractivity contribution is -0.140. The average molecular weight is 222 g/mol. The highest BCUT2D eigenvalue weighted by Crippen LogP contribution is 2.49. The molecule has 0 radical (unpaired) electrons. The van der Waals surface area contributed by atoms with Crippen LogP contribution in [0.5, 0.6) is 0 Å². The Hall–Kier alpha value is -1.38. The minimum Gasteiger partial charge on any atom is -0.481 e. The quantitative estimate of drug-likeness (QED) is 0.853. The van der Waals surface area contributed by atoms with Crippen LogP contribution in [0.1, 0.15) is 43.7 Å². The number of rotatable bonds is 3. The summed E-state index contributed by atoms with van der Waals surface area (Å²) in [6.07, 6.45) is 1.23. The molecule has 0 atom stereocenters. The zero-order valence-electron chi connectivity index (χ0n) is 9.46. The lowest BCUT2D eigenvalue weighted by Crippen LogP contribution is -2.20. The first kappa shape index (κ1) is 11.1. The number of hydrogen-bond acceptors (Lipinski definition) is 1. The third-order valence-electron chi connectivity index (χ3n) is 3.30. The second-order valence-electron chi connectivity index (χ2n) is 4.82. The zero-order valence-corrected chi connectivity index (χ0v) is 9.46. The Morgan fingerprint density at radius 1 is 1.38 bits per heavy atom. The maximum absolute atomic E-state index is 13.4. The van der Waals surface area contributed by atoms with Gasteiger partial charge in [0, 0.05) is 0 Å². The molecule has 3 heteroatoms. The van der Waals surface area contributed by atoms with Gasteiger partial charge >= 0.3 is 5.97 Å². The number of carboxylic acids is 1. The van der Waals surface area contributed by atoms with Crippen LogP contribution in [0.15, 0.2) is 18.2 Å². The van der Waals surface area contributed by atoms with Gasteiger partial charge in [-0.25, -0.2) is 4.39 Å². The van der Waals surface area contributed by atoms with Crippen molar-refractivity contribution >= 4 is 5.97 Å². The Labute approximate surface area is 94.1 Å². The highest BCUT2D eigenvalue weighted by Gasteiger charge is 2.52. The molecule has 1 saturated carbocycles. The lowest BCUT2D eigenvalue weighted by atomic mass is 9.91. The van der Waals surface area contributed by atoms with Gasteiger partial charge in [-0.2, -0.15) is 0 Å². The summed E-state index contributed by atoms with van der Waals surface area (Å²) in [4.78, 5) is 11.2. The van der Waals surface area contributed by atoms with E-state index in [-0.39, 0.29) is 11.7 Å². The van der Waals surface area contributed by atoms with E-state index in [2.05, 4.69) is 0 Å². The third-order valence-corrected chi connectivity index (χ3v) is 3.30. The van der Waals surface area contributed by atoms with E-state index in [1.54, 1.807) is 0 Å². The van der Waals surface area contributed by atoms with Crippen LogP contribution in [-0.4, -0.2) is 11.1 Å². The molecule has 0 bridgehead atoms. The zero-order chi connectivity index (χ0) is 11.9. The van der Waals surface area contributed by atoms with Crippen molar-refractivity contribution in [1.82, 2.24) is 0 Å². The van der Waals surface area contributed by atoms with Gasteiger partial charge in [-0.1, -0.05) is 19.9 Å². The molecule has 0 aromatic heterocycles. The first-order valence-corrected chi connectivity index (χ1v) is 5.50. The summed E-state index contributed by atoms with van der Waals surface area (Å²) in [6.45, 7) is 3.94. The Morgan fingerprint density at radius 3 is 2.44 bits per heavy atom. The molecule has 1 fully saturated rings. The van der Waals surface area contributed by atoms with Crippen LogP contribution in [0.2, 0.25) is 0 Å². The molecule has 0 saturated heterocycles. The summed E-state index contributed by atoms with van der Waals surface area (Å²) in [5.41, 5.74) is 0.664. The number of benzene rings is 1. The molecule has 1 aliphatic carbocycles. The highest BCUT2D eigenvalue weighted by atomic mass is 19.1. The first-order valence-electron chi connectivity index (χ1n) is 5.50. The van der Waals surface area contributed by atoms with Crippen molar-refractivity contribution in [1.29, 1.82) is 0 Å². The molecule has 0 spiro atoms. The van der Waals surface area contributed by atoms with Crippen molar-refractivity contribution in [2.45, 2.75) is 38.0 Å². The monoisotopic (exact) mass is 222 g/mol. The molecule has 0 amide bonds.